The molecule has 2 N–H and O–H groups in total. The molecule has 1 aromatic heterocycles. The molecule has 0 aromatic carbocycles. The maximum atomic E-state index is 11.0. The molecule has 1 atom stereocenters. The first-order valence-electron chi connectivity index (χ1n) is 3.26. The van der Waals surface area contributed by atoms with E-state index in [0.29, 0.717) is 0 Å². The van der Waals surface area contributed by atoms with Gasteiger partial charge in [-0.2, -0.15) is 0 Å². The molecule has 0 spiro atoms. The van der Waals surface area contributed by atoms with Gasteiger partial charge in [-0.3, -0.25) is 9.36 Å². The second-order valence-corrected chi connectivity index (χ2v) is 3.41. The van der Waals surface area contributed by atoms with Crippen LogP contribution in [0.5, 0.6) is 5.88 Å². The molecular formula is C6H8ClNO3S. The average Bonchev–Trinajstić information content (AvgIpc) is 2.35. The van der Waals surface area contributed by atoms with E-state index in [0.717, 1.165) is 15.9 Å². The minimum atomic E-state index is -0.801. The van der Waals surface area contributed by atoms with Crippen molar-refractivity contribution in [2.75, 3.05) is 5.88 Å². The normalized spacial score (nSPS) is 13.2. The van der Waals surface area contributed by atoms with Gasteiger partial charge in [-0.05, 0) is 0 Å². The summed E-state index contributed by atoms with van der Waals surface area (Å²) in [6, 6.07) is 0. The third kappa shape index (κ3) is 2.00. The highest BCUT2D eigenvalue weighted by Gasteiger charge is 2.09. The molecule has 1 unspecified atom stereocenters. The van der Waals surface area contributed by atoms with E-state index in [4.69, 9.17) is 21.8 Å². The van der Waals surface area contributed by atoms with Gasteiger partial charge < -0.3 is 10.2 Å². The van der Waals surface area contributed by atoms with Crippen LogP contribution in [0, 0.1) is 0 Å². The number of alkyl halides is 1. The summed E-state index contributed by atoms with van der Waals surface area (Å²) in [4.78, 5) is 10.7. The Morgan fingerprint density at radius 1 is 1.75 bits per heavy atom. The SMILES string of the molecule is O=c1scc(O)n1CC(O)CCl. The molecule has 0 radical (unpaired) electrons. The standard InChI is InChI=1S/C6H8ClNO3S/c7-1-4(9)2-8-5(10)3-12-6(8)11/h3-4,9-10H,1-2H2. The van der Waals surface area contributed by atoms with Gasteiger partial charge in [0.05, 0.1) is 23.9 Å². The molecule has 0 saturated carbocycles. The lowest BCUT2D eigenvalue weighted by Gasteiger charge is -2.06. The zero-order chi connectivity index (χ0) is 9.14. The Morgan fingerprint density at radius 3 is 2.83 bits per heavy atom. The van der Waals surface area contributed by atoms with Gasteiger partial charge in [0, 0.05) is 0 Å². The lowest BCUT2D eigenvalue weighted by molar-refractivity contribution is 0.171. The third-order valence-corrected chi connectivity index (χ3v) is 2.44. The van der Waals surface area contributed by atoms with Crippen molar-refractivity contribution in [2.45, 2.75) is 12.6 Å². The molecule has 0 fully saturated rings. The molecule has 4 nitrogen and oxygen atoms in total. The predicted molar refractivity (Wildman–Crippen MR) is 47.0 cm³/mol. The minimum absolute atomic E-state index is 0.0394. The summed E-state index contributed by atoms with van der Waals surface area (Å²) in [5.74, 6) is -0.0870. The van der Waals surface area contributed by atoms with E-state index in [1.165, 1.54) is 5.38 Å². The van der Waals surface area contributed by atoms with Gasteiger partial charge in [-0.1, -0.05) is 11.3 Å². The second-order valence-electron chi connectivity index (χ2n) is 2.28. The Balaban J connectivity index is 2.81. The van der Waals surface area contributed by atoms with Gasteiger partial charge in [0.15, 0.2) is 0 Å². The molecule has 0 aliphatic carbocycles. The van der Waals surface area contributed by atoms with Crippen LogP contribution in [0.3, 0.4) is 0 Å². The number of nitrogens with zero attached hydrogens (tertiary/aromatic N) is 1. The molecule has 0 amide bonds. The molecule has 12 heavy (non-hydrogen) atoms. The highest BCUT2D eigenvalue weighted by molar-refractivity contribution is 7.07. The van der Waals surface area contributed by atoms with Crippen LogP contribution in [-0.2, 0) is 6.54 Å². The fraction of sp³-hybridized carbons (Fsp3) is 0.500. The first-order valence-corrected chi connectivity index (χ1v) is 4.68. The van der Waals surface area contributed by atoms with Gasteiger partial charge in [0.1, 0.15) is 0 Å². The van der Waals surface area contributed by atoms with Crippen LogP contribution in [0.25, 0.3) is 0 Å². The first kappa shape index (κ1) is 9.57. The molecule has 1 aromatic rings. The second kappa shape index (κ2) is 3.93. The van der Waals surface area contributed by atoms with Gasteiger partial charge in [0.2, 0.25) is 5.88 Å². The van der Waals surface area contributed by atoms with Crippen LogP contribution in [-0.4, -0.2) is 26.8 Å². The van der Waals surface area contributed by atoms with Crippen LogP contribution in [0.4, 0.5) is 0 Å². The molecule has 0 aliphatic rings. The largest absolute Gasteiger partial charge is 0.494 e. The van der Waals surface area contributed by atoms with Crippen LogP contribution in [0.2, 0.25) is 0 Å². The number of thiazole rings is 1. The van der Waals surface area contributed by atoms with Crippen molar-refractivity contribution >= 4 is 22.9 Å². The quantitative estimate of drug-likeness (QED) is 0.700. The monoisotopic (exact) mass is 209 g/mol. The first-order chi connectivity index (χ1) is 5.65. The van der Waals surface area contributed by atoms with E-state index in [1.54, 1.807) is 0 Å². The predicted octanol–water partition coefficient (Wildman–Crippen LogP) is 0.215. The smallest absolute Gasteiger partial charge is 0.310 e. The number of aliphatic hydroxyl groups is 1. The van der Waals surface area contributed by atoms with E-state index in [9.17, 15) is 4.79 Å². The van der Waals surface area contributed by atoms with E-state index in [-0.39, 0.29) is 23.2 Å². The molecule has 6 heteroatoms. The minimum Gasteiger partial charge on any atom is -0.494 e. The van der Waals surface area contributed by atoms with E-state index in [1.807, 2.05) is 0 Å². The van der Waals surface area contributed by atoms with Gasteiger partial charge in [-0.25, -0.2) is 0 Å². The van der Waals surface area contributed by atoms with Crippen molar-refractivity contribution in [1.82, 2.24) is 4.57 Å². The lowest BCUT2D eigenvalue weighted by atomic mass is 10.4. The van der Waals surface area contributed by atoms with Crippen molar-refractivity contribution < 1.29 is 10.2 Å². The number of aromatic hydroxyl groups is 1. The molecule has 68 valence electrons. The number of aliphatic hydroxyl groups excluding tert-OH is 1. The summed E-state index contributed by atoms with van der Waals surface area (Å²) < 4.78 is 1.08. The topological polar surface area (TPSA) is 62.5 Å². The Hall–Kier alpha value is -0.520. The van der Waals surface area contributed by atoms with Gasteiger partial charge >= 0.3 is 4.87 Å². The number of hydrogen-bond acceptors (Lipinski definition) is 4. The highest BCUT2D eigenvalue weighted by atomic mass is 35.5. The van der Waals surface area contributed by atoms with Crippen LogP contribution < -0.4 is 4.87 Å². The summed E-state index contributed by atoms with van der Waals surface area (Å²) in [5, 5.41) is 19.5. The van der Waals surface area contributed by atoms with Gasteiger partial charge in [0.25, 0.3) is 0 Å². The number of halogens is 1. The molecular weight excluding hydrogens is 202 g/mol. The van der Waals surface area contributed by atoms with E-state index >= 15 is 0 Å². The lowest BCUT2D eigenvalue weighted by Crippen LogP contribution is -2.23. The van der Waals surface area contributed by atoms with Crippen LogP contribution in [0.1, 0.15) is 0 Å². The molecule has 1 rings (SSSR count). The van der Waals surface area contributed by atoms with Crippen molar-refractivity contribution in [3.63, 3.8) is 0 Å². The summed E-state index contributed by atoms with van der Waals surface area (Å²) in [6.07, 6.45) is -0.801. The van der Waals surface area contributed by atoms with Gasteiger partial charge in [-0.15, -0.1) is 11.6 Å². The fourth-order valence-electron chi connectivity index (χ4n) is 0.751. The Labute approximate surface area is 77.6 Å². The number of rotatable bonds is 3. The van der Waals surface area contributed by atoms with Crippen LogP contribution in [0.15, 0.2) is 10.2 Å². The maximum Gasteiger partial charge on any atom is 0.310 e. The Bertz CT molecular complexity index is 308. The molecule has 1 heterocycles. The number of hydrogen-bond donors (Lipinski definition) is 2. The average molecular weight is 210 g/mol. The zero-order valence-corrected chi connectivity index (χ0v) is 7.68. The van der Waals surface area contributed by atoms with Crippen LogP contribution >= 0.6 is 22.9 Å². The van der Waals surface area contributed by atoms with E-state index < -0.39 is 6.10 Å². The molecule has 0 aliphatic heterocycles. The third-order valence-electron chi connectivity index (χ3n) is 1.33. The highest BCUT2D eigenvalue weighted by Crippen LogP contribution is 2.09. The summed E-state index contributed by atoms with van der Waals surface area (Å²) >= 11 is 6.22. The van der Waals surface area contributed by atoms with Crippen molar-refractivity contribution in [1.29, 1.82) is 0 Å². The maximum absolute atomic E-state index is 11.0. The number of aromatic nitrogens is 1. The Kier molecular flexibility index (Phi) is 3.13. The van der Waals surface area contributed by atoms with Crippen molar-refractivity contribution in [3.8, 4) is 5.88 Å². The zero-order valence-electron chi connectivity index (χ0n) is 6.11. The van der Waals surface area contributed by atoms with E-state index in [2.05, 4.69) is 0 Å². The van der Waals surface area contributed by atoms with Crippen molar-refractivity contribution in [3.05, 3.63) is 15.0 Å². The molecule has 0 bridgehead atoms. The molecule has 0 saturated heterocycles. The summed E-state index contributed by atoms with van der Waals surface area (Å²) in [5.41, 5.74) is 0. The summed E-state index contributed by atoms with van der Waals surface area (Å²) in [6.45, 7) is 0.0394. The Morgan fingerprint density at radius 2 is 2.42 bits per heavy atom. The van der Waals surface area contributed by atoms with Crippen molar-refractivity contribution in [2.24, 2.45) is 0 Å². The summed E-state index contributed by atoms with van der Waals surface area (Å²) in [7, 11) is 0. The fourth-order valence-corrected chi connectivity index (χ4v) is 1.48.